The van der Waals surface area contributed by atoms with E-state index in [1.165, 1.54) is 0 Å². The molecule has 0 radical (unpaired) electrons. The van der Waals surface area contributed by atoms with E-state index in [9.17, 15) is 24.0 Å². The van der Waals surface area contributed by atoms with Crippen LogP contribution in [0.1, 0.15) is 25.7 Å². The first kappa shape index (κ1) is 29.9. The lowest BCUT2D eigenvalue weighted by Crippen LogP contribution is -2.44. The lowest BCUT2D eigenvalue weighted by atomic mass is 10.1. The van der Waals surface area contributed by atoms with Gasteiger partial charge in [0.2, 0.25) is 13.5 Å². The van der Waals surface area contributed by atoms with Crippen molar-refractivity contribution in [3.8, 4) is 0 Å². The van der Waals surface area contributed by atoms with Gasteiger partial charge < -0.3 is 24.8 Å². The predicted octanol–water partition coefficient (Wildman–Crippen LogP) is 2.68. The summed E-state index contributed by atoms with van der Waals surface area (Å²) in [6.45, 7) is -0.905. The number of ether oxygens (including phenoxy) is 3. The van der Waals surface area contributed by atoms with E-state index in [1.54, 1.807) is 0 Å². The highest BCUT2D eigenvalue weighted by molar-refractivity contribution is 6.68. The summed E-state index contributed by atoms with van der Waals surface area (Å²) >= 11 is 32.9. The number of unbranched alkanes of at least 4 members (excludes halogenated alkanes) is 1. The topological polar surface area (TPSA) is 149 Å². The maximum absolute atomic E-state index is 12.4. The first-order valence-electron chi connectivity index (χ1n) is 9.18. The van der Waals surface area contributed by atoms with Crippen LogP contribution in [-0.2, 0) is 28.6 Å². The molecule has 1 unspecified atom stereocenters. The van der Waals surface area contributed by atoms with E-state index >= 15 is 0 Å². The van der Waals surface area contributed by atoms with Crippen molar-refractivity contribution in [2.24, 2.45) is 0 Å². The number of imide groups is 1. The summed E-state index contributed by atoms with van der Waals surface area (Å²) in [7, 11) is 0. The van der Waals surface area contributed by atoms with Crippen molar-refractivity contribution in [2.45, 2.75) is 45.4 Å². The monoisotopic (exact) mass is 591 g/mol. The van der Waals surface area contributed by atoms with E-state index in [0.717, 1.165) is 0 Å². The van der Waals surface area contributed by atoms with Gasteiger partial charge in [0, 0.05) is 6.54 Å². The van der Waals surface area contributed by atoms with Gasteiger partial charge in [-0.2, -0.15) is 0 Å². The molecule has 0 aliphatic carbocycles. The fraction of sp³-hybridized carbons (Fsp3) is 0.688. The Hall–Kier alpha value is -1.11. The minimum Gasteiger partial charge on any atom is -0.450 e. The van der Waals surface area contributed by atoms with Gasteiger partial charge in [0.05, 0.1) is 6.42 Å². The molecule has 11 nitrogen and oxygen atoms in total. The summed E-state index contributed by atoms with van der Waals surface area (Å²) in [6, 6.07) is -1.26. The van der Waals surface area contributed by atoms with Gasteiger partial charge in [-0.1, -0.05) is 69.6 Å². The molecule has 0 aromatic carbocycles. The molecule has 4 amide bonds. The number of nitrogens with one attached hydrogen (secondary N) is 3. The van der Waals surface area contributed by atoms with E-state index in [0.29, 0.717) is 12.8 Å². The van der Waals surface area contributed by atoms with Crippen molar-refractivity contribution in [1.82, 2.24) is 16.0 Å². The van der Waals surface area contributed by atoms with E-state index in [-0.39, 0.29) is 19.4 Å². The molecule has 0 spiro atoms. The maximum Gasteiger partial charge on any atom is 0.407 e. The van der Waals surface area contributed by atoms with Crippen molar-refractivity contribution in [2.75, 3.05) is 19.8 Å². The zero-order valence-corrected chi connectivity index (χ0v) is 21.2. The number of rotatable bonds is 10. The van der Waals surface area contributed by atoms with Crippen LogP contribution in [0.4, 0.5) is 9.59 Å². The smallest absolute Gasteiger partial charge is 0.407 e. The molecular formula is C16H19Cl6N3O8. The predicted molar refractivity (Wildman–Crippen MR) is 120 cm³/mol. The molecule has 0 bridgehead atoms. The molecule has 2 atom stereocenters. The van der Waals surface area contributed by atoms with Crippen molar-refractivity contribution >= 4 is 99.6 Å². The van der Waals surface area contributed by atoms with Crippen molar-refractivity contribution in [3.63, 3.8) is 0 Å². The molecule has 1 aliphatic heterocycles. The standard InChI is InChI=1S/C16H19Cl6N3O8/c17-15(18,19)6-31-13(29)23-4-2-1-3-8(24-14(30)32-7-16(20,21)22)12(28)33-9-5-10(26)25-11(9)27/h8-9H,1-7H2,(H,23,29)(H,24,30)(H,25,26,27)/t8-,9?/m0/s1. The van der Waals surface area contributed by atoms with E-state index in [2.05, 4.69) is 15.4 Å². The highest BCUT2D eigenvalue weighted by Crippen LogP contribution is 2.26. The van der Waals surface area contributed by atoms with Crippen LogP contribution in [0.2, 0.25) is 0 Å². The number of carbonyl (C=O) groups is 5. The molecule has 3 N–H and O–H groups in total. The van der Waals surface area contributed by atoms with Gasteiger partial charge in [0.1, 0.15) is 19.3 Å². The first-order valence-corrected chi connectivity index (χ1v) is 11.4. The molecule has 0 aromatic rings. The summed E-state index contributed by atoms with van der Waals surface area (Å²) < 4.78 is 10.8. The fourth-order valence-corrected chi connectivity index (χ4v) is 2.62. The Labute approximate surface area is 218 Å². The van der Waals surface area contributed by atoms with Gasteiger partial charge in [-0.25, -0.2) is 14.4 Å². The average molecular weight is 594 g/mol. The van der Waals surface area contributed by atoms with Gasteiger partial charge in [-0.05, 0) is 19.3 Å². The second kappa shape index (κ2) is 13.7. The Bertz CT molecular complexity index is 743. The molecule has 1 rings (SSSR count). The van der Waals surface area contributed by atoms with Crippen LogP contribution in [-0.4, -0.2) is 69.5 Å². The molecule has 0 saturated carbocycles. The highest BCUT2D eigenvalue weighted by Gasteiger charge is 2.36. The molecule has 0 aromatic heterocycles. The maximum atomic E-state index is 12.4. The summed E-state index contributed by atoms with van der Waals surface area (Å²) in [5, 5.41) is 6.64. The van der Waals surface area contributed by atoms with Crippen LogP contribution < -0.4 is 16.0 Å². The first-order chi connectivity index (χ1) is 15.2. The van der Waals surface area contributed by atoms with Gasteiger partial charge in [0.25, 0.3) is 5.91 Å². The lowest BCUT2D eigenvalue weighted by Gasteiger charge is -2.20. The van der Waals surface area contributed by atoms with E-state index < -0.39 is 62.9 Å². The van der Waals surface area contributed by atoms with Crippen LogP contribution in [0, 0.1) is 0 Å². The van der Waals surface area contributed by atoms with Crippen molar-refractivity contribution in [1.29, 1.82) is 0 Å². The summed E-state index contributed by atoms with van der Waals surface area (Å²) in [5.74, 6) is -2.36. The van der Waals surface area contributed by atoms with Crippen LogP contribution >= 0.6 is 69.6 Å². The van der Waals surface area contributed by atoms with Crippen molar-refractivity contribution < 1.29 is 38.2 Å². The molecule has 1 heterocycles. The number of amides is 4. The number of hydrogen-bond acceptors (Lipinski definition) is 8. The molecule has 1 fully saturated rings. The zero-order chi connectivity index (χ0) is 25.2. The summed E-state index contributed by atoms with van der Waals surface area (Å²) in [6.07, 6.45) is -2.89. The van der Waals surface area contributed by atoms with Gasteiger partial charge in [0.15, 0.2) is 6.10 Å². The number of alkyl halides is 6. The normalized spacial score (nSPS) is 17.1. The van der Waals surface area contributed by atoms with Gasteiger partial charge in [-0.15, -0.1) is 0 Å². The van der Waals surface area contributed by atoms with E-state index in [1.807, 2.05) is 5.32 Å². The minimum atomic E-state index is -1.87. The van der Waals surface area contributed by atoms with Crippen LogP contribution in [0.5, 0.6) is 0 Å². The Balaban J connectivity index is 2.54. The largest absolute Gasteiger partial charge is 0.450 e. The lowest BCUT2D eigenvalue weighted by molar-refractivity contribution is -0.156. The molecule has 188 valence electrons. The fourth-order valence-electron chi connectivity index (χ4n) is 2.29. The highest BCUT2D eigenvalue weighted by atomic mass is 35.6. The number of carbonyl (C=O) groups excluding carboxylic acids is 5. The second-order valence-electron chi connectivity index (χ2n) is 6.54. The van der Waals surface area contributed by atoms with Crippen LogP contribution in [0.3, 0.4) is 0 Å². The average Bonchev–Trinajstić information content (AvgIpc) is 2.99. The Morgan fingerprint density at radius 2 is 1.55 bits per heavy atom. The van der Waals surface area contributed by atoms with Gasteiger partial charge in [-0.3, -0.25) is 14.9 Å². The molecule has 1 aliphatic rings. The molecular weight excluding hydrogens is 575 g/mol. The number of alkyl carbamates (subject to hydrolysis) is 2. The van der Waals surface area contributed by atoms with Crippen molar-refractivity contribution in [3.05, 3.63) is 0 Å². The SMILES string of the molecule is O=C1CC(OC(=O)[C@H](CCCCNC(=O)OCC(Cl)(Cl)Cl)NC(=O)OCC(Cl)(Cl)Cl)C(=O)N1. The number of esters is 1. The Kier molecular flexibility index (Phi) is 12.4. The Morgan fingerprint density at radius 3 is 2.06 bits per heavy atom. The number of halogens is 6. The van der Waals surface area contributed by atoms with E-state index in [4.69, 9.17) is 79.1 Å². The summed E-state index contributed by atoms with van der Waals surface area (Å²) in [5.41, 5.74) is 0. The minimum absolute atomic E-state index is 0.0227. The summed E-state index contributed by atoms with van der Waals surface area (Å²) in [4.78, 5) is 58.7. The van der Waals surface area contributed by atoms with Gasteiger partial charge >= 0.3 is 18.2 Å². The third-order valence-corrected chi connectivity index (χ3v) is 4.34. The zero-order valence-electron chi connectivity index (χ0n) is 16.6. The third kappa shape index (κ3) is 14.0. The second-order valence-corrected chi connectivity index (χ2v) is 11.6. The molecule has 33 heavy (non-hydrogen) atoms. The van der Waals surface area contributed by atoms with Crippen LogP contribution in [0.15, 0.2) is 0 Å². The molecule has 17 heteroatoms. The van der Waals surface area contributed by atoms with Crippen LogP contribution in [0.25, 0.3) is 0 Å². The third-order valence-electron chi connectivity index (χ3n) is 3.68. The molecule has 1 saturated heterocycles. The number of hydrogen-bond donors (Lipinski definition) is 3. The Morgan fingerprint density at radius 1 is 0.970 bits per heavy atom. The quantitative estimate of drug-likeness (QED) is 0.115.